The molecule has 6 heteroatoms. The molecule has 0 unspecified atom stereocenters. The Morgan fingerprint density at radius 1 is 1.42 bits per heavy atom. The number of benzene rings is 1. The van der Waals surface area contributed by atoms with Crippen LogP contribution in [0.25, 0.3) is 11.0 Å². The summed E-state index contributed by atoms with van der Waals surface area (Å²) in [6.07, 6.45) is 3.98. The van der Waals surface area contributed by atoms with Gasteiger partial charge in [-0.15, -0.1) is 0 Å². The molecule has 2 heterocycles. The number of likely N-dealkylation sites (tertiary alicyclic amines) is 1. The Morgan fingerprint density at radius 3 is 3.04 bits per heavy atom. The van der Waals surface area contributed by atoms with Crippen molar-refractivity contribution in [2.75, 3.05) is 33.7 Å². The highest BCUT2D eigenvalue weighted by Crippen LogP contribution is 2.14. The number of amides is 2. The number of fused-ring (bicyclic) bond motifs is 1. The Hall–Kier alpha value is -2.08. The van der Waals surface area contributed by atoms with E-state index in [0.29, 0.717) is 12.6 Å². The summed E-state index contributed by atoms with van der Waals surface area (Å²) in [5, 5.41) is 3.04. The summed E-state index contributed by atoms with van der Waals surface area (Å²) in [5.74, 6) is 0.982. The van der Waals surface area contributed by atoms with Crippen LogP contribution in [0.2, 0.25) is 0 Å². The number of nitrogens with one attached hydrogen (secondary N) is 2. The largest absolute Gasteiger partial charge is 0.342 e. The molecule has 1 atom stereocenters. The van der Waals surface area contributed by atoms with Gasteiger partial charge in [0.1, 0.15) is 5.82 Å². The van der Waals surface area contributed by atoms with Crippen molar-refractivity contribution >= 4 is 17.1 Å². The van der Waals surface area contributed by atoms with E-state index >= 15 is 0 Å². The van der Waals surface area contributed by atoms with Crippen molar-refractivity contribution in [3.8, 4) is 0 Å². The van der Waals surface area contributed by atoms with Gasteiger partial charge >= 0.3 is 6.03 Å². The van der Waals surface area contributed by atoms with E-state index in [0.717, 1.165) is 49.2 Å². The lowest BCUT2D eigenvalue weighted by atomic mass is 10.1. The molecule has 0 aliphatic carbocycles. The summed E-state index contributed by atoms with van der Waals surface area (Å²) in [5.41, 5.74) is 2.07. The lowest BCUT2D eigenvalue weighted by molar-refractivity contribution is 0.140. The van der Waals surface area contributed by atoms with Crippen LogP contribution in [0, 0.1) is 0 Å². The molecule has 1 fully saturated rings. The molecular weight excluding hydrogens is 302 g/mol. The molecule has 0 saturated carbocycles. The normalized spacial score (nSPS) is 18.3. The molecule has 2 N–H and O–H groups in total. The first-order chi connectivity index (χ1) is 11.6. The van der Waals surface area contributed by atoms with E-state index in [-0.39, 0.29) is 6.03 Å². The second kappa shape index (κ2) is 7.66. The number of aromatic nitrogens is 2. The minimum absolute atomic E-state index is 0.0613. The van der Waals surface area contributed by atoms with Crippen LogP contribution in [0.15, 0.2) is 24.3 Å². The van der Waals surface area contributed by atoms with Crippen LogP contribution >= 0.6 is 0 Å². The number of para-hydroxylation sites is 2. The zero-order valence-electron chi connectivity index (χ0n) is 14.6. The van der Waals surface area contributed by atoms with E-state index in [1.165, 1.54) is 6.42 Å². The smallest absolute Gasteiger partial charge is 0.317 e. The van der Waals surface area contributed by atoms with Crippen LogP contribution in [-0.2, 0) is 6.42 Å². The van der Waals surface area contributed by atoms with Crippen molar-refractivity contribution in [3.63, 3.8) is 0 Å². The van der Waals surface area contributed by atoms with Gasteiger partial charge < -0.3 is 20.1 Å². The lowest BCUT2D eigenvalue weighted by Gasteiger charge is -2.36. The fraction of sp³-hybridized carbons (Fsp3) is 0.556. The van der Waals surface area contributed by atoms with Gasteiger partial charge in [0.05, 0.1) is 11.0 Å². The molecule has 130 valence electrons. The highest BCUT2D eigenvalue weighted by Gasteiger charge is 2.24. The number of aryl methyl sites for hydroxylation is 1. The van der Waals surface area contributed by atoms with Crippen LogP contribution in [0.1, 0.15) is 25.1 Å². The van der Waals surface area contributed by atoms with Crippen LogP contribution < -0.4 is 5.32 Å². The molecule has 1 saturated heterocycles. The molecule has 3 rings (SSSR count). The first kappa shape index (κ1) is 16.8. The maximum Gasteiger partial charge on any atom is 0.317 e. The Morgan fingerprint density at radius 2 is 2.25 bits per heavy atom. The summed E-state index contributed by atoms with van der Waals surface area (Å²) in [7, 11) is 4.17. The fourth-order valence-electron chi connectivity index (χ4n) is 3.25. The Bertz CT molecular complexity index is 648. The van der Waals surface area contributed by atoms with E-state index in [4.69, 9.17) is 0 Å². The van der Waals surface area contributed by atoms with Gasteiger partial charge in [-0.25, -0.2) is 9.78 Å². The third-order valence-electron chi connectivity index (χ3n) is 4.72. The fourth-order valence-corrected chi connectivity index (χ4v) is 3.25. The predicted molar refractivity (Wildman–Crippen MR) is 96.1 cm³/mol. The van der Waals surface area contributed by atoms with E-state index in [1.807, 2.05) is 29.2 Å². The highest BCUT2D eigenvalue weighted by atomic mass is 16.2. The summed E-state index contributed by atoms with van der Waals surface area (Å²) in [6.45, 7) is 2.36. The molecule has 24 heavy (non-hydrogen) atoms. The lowest BCUT2D eigenvalue weighted by Crippen LogP contribution is -2.50. The van der Waals surface area contributed by atoms with Crippen molar-refractivity contribution in [2.45, 2.75) is 31.7 Å². The number of urea groups is 1. The number of carbonyl (C=O) groups excluding carboxylic acids is 1. The number of nitrogens with zero attached hydrogens (tertiary/aromatic N) is 3. The molecule has 2 aromatic rings. The second-order valence-corrected chi connectivity index (χ2v) is 6.74. The quantitative estimate of drug-likeness (QED) is 0.827. The van der Waals surface area contributed by atoms with Gasteiger partial charge in [0.2, 0.25) is 0 Å². The predicted octanol–water partition coefficient (Wildman–Crippen LogP) is 2.23. The first-order valence-electron chi connectivity index (χ1n) is 8.76. The summed E-state index contributed by atoms with van der Waals surface area (Å²) in [6, 6.07) is 8.57. The van der Waals surface area contributed by atoms with Gasteiger partial charge in [-0.05, 0) is 45.5 Å². The number of imidazole rings is 1. The van der Waals surface area contributed by atoms with Gasteiger partial charge in [0.25, 0.3) is 0 Å². The summed E-state index contributed by atoms with van der Waals surface area (Å²) < 4.78 is 0. The van der Waals surface area contributed by atoms with Crippen LogP contribution in [-0.4, -0.2) is 65.6 Å². The number of likely N-dealkylation sites (N-methyl/N-ethyl adjacent to an activating group) is 1. The van der Waals surface area contributed by atoms with Gasteiger partial charge in [-0.2, -0.15) is 0 Å². The first-order valence-corrected chi connectivity index (χ1v) is 8.76. The maximum atomic E-state index is 12.3. The zero-order valence-corrected chi connectivity index (χ0v) is 14.6. The average Bonchev–Trinajstić information content (AvgIpc) is 3.01. The minimum Gasteiger partial charge on any atom is -0.342 e. The monoisotopic (exact) mass is 329 g/mol. The number of hydrogen-bond acceptors (Lipinski definition) is 3. The van der Waals surface area contributed by atoms with Gasteiger partial charge in [0, 0.05) is 32.1 Å². The number of piperidine rings is 1. The number of carbonyl (C=O) groups is 1. The van der Waals surface area contributed by atoms with Crippen LogP contribution in [0.4, 0.5) is 4.79 Å². The van der Waals surface area contributed by atoms with Crippen molar-refractivity contribution < 1.29 is 4.79 Å². The summed E-state index contributed by atoms with van der Waals surface area (Å²) >= 11 is 0. The SMILES string of the molecule is CN(C)[C@H]1CCCN(C(=O)NCCCc2nc3ccccc3[nH]2)C1. The molecule has 1 aliphatic rings. The highest BCUT2D eigenvalue weighted by molar-refractivity contribution is 5.75. The van der Waals surface area contributed by atoms with E-state index in [1.54, 1.807) is 0 Å². The average molecular weight is 329 g/mol. The molecule has 0 spiro atoms. The Kier molecular flexibility index (Phi) is 5.35. The summed E-state index contributed by atoms with van der Waals surface area (Å²) in [4.78, 5) is 24.3. The van der Waals surface area contributed by atoms with Crippen molar-refractivity contribution in [1.82, 2.24) is 25.1 Å². The van der Waals surface area contributed by atoms with Crippen LogP contribution in [0.5, 0.6) is 0 Å². The van der Waals surface area contributed by atoms with E-state index in [9.17, 15) is 4.79 Å². The van der Waals surface area contributed by atoms with Gasteiger partial charge in [0.15, 0.2) is 0 Å². The molecule has 2 amide bonds. The van der Waals surface area contributed by atoms with Gasteiger partial charge in [-0.1, -0.05) is 12.1 Å². The zero-order chi connectivity index (χ0) is 16.9. The van der Waals surface area contributed by atoms with E-state index in [2.05, 4.69) is 34.3 Å². The Labute approximate surface area is 143 Å². The number of H-pyrrole nitrogens is 1. The van der Waals surface area contributed by atoms with Crippen molar-refractivity contribution in [3.05, 3.63) is 30.1 Å². The maximum absolute atomic E-state index is 12.3. The number of aromatic amines is 1. The molecule has 1 aliphatic heterocycles. The van der Waals surface area contributed by atoms with Crippen LogP contribution in [0.3, 0.4) is 0 Å². The molecule has 0 bridgehead atoms. The third-order valence-corrected chi connectivity index (χ3v) is 4.72. The molecule has 6 nitrogen and oxygen atoms in total. The Balaban J connectivity index is 1.42. The molecule has 0 radical (unpaired) electrons. The molecule has 1 aromatic heterocycles. The van der Waals surface area contributed by atoms with E-state index < -0.39 is 0 Å². The van der Waals surface area contributed by atoms with Crippen molar-refractivity contribution in [2.24, 2.45) is 0 Å². The standard InChI is InChI=1S/C18H27N5O/c1-22(2)14-7-6-12-23(13-14)18(24)19-11-5-10-17-20-15-8-3-4-9-16(15)21-17/h3-4,8-9,14H,5-7,10-13H2,1-2H3,(H,19,24)(H,20,21)/t14-/m0/s1. The topological polar surface area (TPSA) is 64.3 Å². The third kappa shape index (κ3) is 4.06. The number of hydrogen-bond donors (Lipinski definition) is 2. The van der Waals surface area contributed by atoms with Gasteiger partial charge in [-0.3, -0.25) is 0 Å². The van der Waals surface area contributed by atoms with Crippen molar-refractivity contribution in [1.29, 1.82) is 0 Å². The molecular formula is C18H27N5O. The molecule has 1 aromatic carbocycles. The number of rotatable bonds is 5. The minimum atomic E-state index is 0.0613. The second-order valence-electron chi connectivity index (χ2n) is 6.74.